The highest BCUT2D eigenvalue weighted by Crippen LogP contribution is 2.17. The molecule has 0 saturated heterocycles. The summed E-state index contributed by atoms with van der Waals surface area (Å²) in [5.74, 6) is -0.963. The first-order valence-corrected chi connectivity index (χ1v) is 6.30. The summed E-state index contributed by atoms with van der Waals surface area (Å²) in [5, 5.41) is 15.4. The van der Waals surface area contributed by atoms with Crippen molar-refractivity contribution in [3.05, 3.63) is 72.1 Å². The van der Waals surface area contributed by atoms with E-state index >= 15 is 0 Å². The van der Waals surface area contributed by atoms with Crippen molar-refractivity contribution >= 4 is 16.7 Å². The molecule has 0 saturated carbocycles. The van der Waals surface area contributed by atoms with Crippen LogP contribution in [0, 0.1) is 0 Å². The molecule has 3 rings (SSSR count). The van der Waals surface area contributed by atoms with Crippen molar-refractivity contribution in [3.8, 4) is 0 Å². The van der Waals surface area contributed by atoms with Crippen LogP contribution in [0.3, 0.4) is 0 Å². The lowest BCUT2D eigenvalue weighted by Gasteiger charge is -2.02. The van der Waals surface area contributed by atoms with Crippen LogP contribution in [0.25, 0.3) is 10.8 Å². The monoisotopic (exact) mass is 265 g/mol. The van der Waals surface area contributed by atoms with Gasteiger partial charge in [0.15, 0.2) is 12.7 Å². The zero-order chi connectivity index (χ0) is 13.9. The summed E-state index contributed by atoms with van der Waals surface area (Å²) in [5.41, 5.74) is 1.35. The molecule has 0 aliphatic heterocycles. The van der Waals surface area contributed by atoms with Crippen LogP contribution in [-0.4, -0.2) is 16.2 Å². The Balaban J connectivity index is 1.95. The summed E-state index contributed by atoms with van der Waals surface area (Å²) in [4.78, 5) is 10.8. The number of nitrogens with zero attached hydrogens (tertiary/aromatic N) is 2. The van der Waals surface area contributed by atoms with Crippen LogP contribution in [0.4, 0.5) is 0 Å². The largest absolute Gasteiger partial charge is 0.478 e. The summed E-state index contributed by atoms with van der Waals surface area (Å²) in [6.07, 6.45) is 3.05. The van der Waals surface area contributed by atoms with Crippen molar-refractivity contribution in [2.45, 2.75) is 6.54 Å². The molecular formula is C16H13N2O2+. The average molecular weight is 265 g/mol. The number of aromatic carboxylic acids is 1. The summed E-state index contributed by atoms with van der Waals surface area (Å²) >= 11 is 0. The summed E-state index contributed by atoms with van der Waals surface area (Å²) < 4.78 is 1.73. The Morgan fingerprint density at radius 2 is 1.90 bits per heavy atom. The van der Waals surface area contributed by atoms with Crippen LogP contribution in [0.1, 0.15) is 15.9 Å². The second-order valence-electron chi connectivity index (χ2n) is 4.56. The molecule has 4 heteroatoms. The Hall–Kier alpha value is -2.75. The van der Waals surface area contributed by atoms with Crippen molar-refractivity contribution in [1.29, 1.82) is 0 Å². The second-order valence-corrected chi connectivity index (χ2v) is 4.56. The van der Waals surface area contributed by atoms with Gasteiger partial charge in [-0.15, -0.1) is 0 Å². The minimum Gasteiger partial charge on any atom is -0.478 e. The molecule has 0 unspecified atom stereocenters. The van der Waals surface area contributed by atoms with E-state index in [1.54, 1.807) is 16.9 Å². The Morgan fingerprint density at radius 3 is 2.65 bits per heavy atom. The normalized spacial score (nSPS) is 10.6. The van der Waals surface area contributed by atoms with E-state index in [0.29, 0.717) is 6.54 Å². The van der Waals surface area contributed by atoms with Gasteiger partial charge >= 0.3 is 5.97 Å². The SMILES string of the molecule is O=C(O)c1cc[n+](Cc2cccc3ccccc23)nc1. The second kappa shape index (κ2) is 5.09. The Labute approximate surface area is 115 Å². The molecule has 1 heterocycles. The lowest BCUT2D eigenvalue weighted by molar-refractivity contribution is -0.746. The highest BCUT2D eigenvalue weighted by atomic mass is 16.4. The molecule has 20 heavy (non-hydrogen) atoms. The Morgan fingerprint density at radius 1 is 1.10 bits per heavy atom. The predicted octanol–water partition coefficient (Wildman–Crippen LogP) is 2.27. The first-order chi connectivity index (χ1) is 9.74. The zero-order valence-corrected chi connectivity index (χ0v) is 10.7. The number of benzene rings is 2. The van der Waals surface area contributed by atoms with E-state index in [4.69, 9.17) is 5.11 Å². The molecule has 98 valence electrons. The van der Waals surface area contributed by atoms with E-state index < -0.39 is 5.97 Å². The van der Waals surface area contributed by atoms with Crippen LogP contribution >= 0.6 is 0 Å². The van der Waals surface area contributed by atoms with Gasteiger partial charge in [-0.2, -0.15) is 0 Å². The maximum absolute atomic E-state index is 10.8. The minimum absolute atomic E-state index is 0.194. The molecule has 0 aliphatic carbocycles. The third kappa shape index (κ3) is 2.36. The van der Waals surface area contributed by atoms with Crippen LogP contribution in [0.5, 0.6) is 0 Å². The van der Waals surface area contributed by atoms with E-state index in [1.807, 2.05) is 18.2 Å². The number of aromatic nitrogens is 2. The van der Waals surface area contributed by atoms with Crippen molar-refractivity contribution < 1.29 is 14.6 Å². The van der Waals surface area contributed by atoms with Crippen LogP contribution in [0.15, 0.2) is 60.9 Å². The van der Waals surface area contributed by atoms with E-state index in [-0.39, 0.29) is 5.56 Å². The van der Waals surface area contributed by atoms with Crippen molar-refractivity contribution in [1.82, 2.24) is 5.10 Å². The van der Waals surface area contributed by atoms with E-state index in [0.717, 1.165) is 5.56 Å². The molecule has 0 bridgehead atoms. The van der Waals surface area contributed by atoms with Crippen molar-refractivity contribution in [2.24, 2.45) is 0 Å². The molecule has 0 radical (unpaired) electrons. The van der Waals surface area contributed by atoms with Gasteiger partial charge in [0.1, 0.15) is 6.20 Å². The summed E-state index contributed by atoms with van der Waals surface area (Å²) in [7, 11) is 0. The van der Waals surface area contributed by atoms with Gasteiger partial charge in [-0.3, -0.25) is 0 Å². The van der Waals surface area contributed by atoms with E-state index in [9.17, 15) is 4.79 Å². The maximum Gasteiger partial charge on any atom is 0.337 e. The molecular weight excluding hydrogens is 252 g/mol. The predicted molar refractivity (Wildman–Crippen MR) is 74.4 cm³/mol. The van der Waals surface area contributed by atoms with Gasteiger partial charge in [-0.25, -0.2) is 4.79 Å². The molecule has 0 amide bonds. The van der Waals surface area contributed by atoms with Gasteiger partial charge in [0.2, 0.25) is 0 Å². The maximum atomic E-state index is 10.8. The van der Waals surface area contributed by atoms with Gasteiger partial charge in [0.05, 0.1) is 5.56 Å². The van der Waals surface area contributed by atoms with Crippen molar-refractivity contribution in [2.75, 3.05) is 0 Å². The highest BCUT2D eigenvalue weighted by Gasteiger charge is 2.10. The number of fused-ring (bicyclic) bond motifs is 1. The fourth-order valence-electron chi connectivity index (χ4n) is 2.21. The standard InChI is InChI=1S/C16H12N2O2/c19-16(20)13-8-9-18(17-10-13)11-14-6-3-5-12-4-1-2-7-15(12)14/h1-10H,11H2/p+1. The van der Waals surface area contributed by atoms with Crippen LogP contribution in [-0.2, 0) is 6.54 Å². The third-order valence-corrected chi connectivity index (χ3v) is 3.23. The first-order valence-electron chi connectivity index (χ1n) is 6.30. The highest BCUT2D eigenvalue weighted by molar-refractivity contribution is 5.87. The average Bonchev–Trinajstić information content (AvgIpc) is 2.48. The number of carboxylic acid groups (broad SMARTS) is 1. The lowest BCUT2D eigenvalue weighted by atomic mass is 10.0. The van der Waals surface area contributed by atoms with E-state index in [2.05, 4.69) is 29.4 Å². The fourth-order valence-corrected chi connectivity index (χ4v) is 2.21. The Kier molecular flexibility index (Phi) is 3.13. The Bertz CT molecular complexity index is 762. The number of hydrogen-bond acceptors (Lipinski definition) is 2. The molecule has 0 atom stereocenters. The van der Waals surface area contributed by atoms with Gasteiger partial charge in [0.25, 0.3) is 0 Å². The van der Waals surface area contributed by atoms with Crippen LogP contribution < -0.4 is 4.68 Å². The molecule has 3 aromatic rings. The molecule has 1 N–H and O–H groups in total. The minimum atomic E-state index is -0.963. The molecule has 0 spiro atoms. The smallest absolute Gasteiger partial charge is 0.337 e. The molecule has 2 aromatic carbocycles. The molecule has 0 aliphatic rings. The first kappa shape index (κ1) is 12.3. The van der Waals surface area contributed by atoms with Gasteiger partial charge in [-0.1, -0.05) is 47.1 Å². The lowest BCUT2D eigenvalue weighted by Crippen LogP contribution is -2.38. The molecule has 4 nitrogen and oxygen atoms in total. The number of carboxylic acids is 1. The summed E-state index contributed by atoms with van der Waals surface area (Å²) in [6, 6.07) is 15.9. The van der Waals surface area contributed by atoms with Crippen LogP contribution in [0.2, 0.25) is 0 Å². The van der Waals surface area contributed by atoms with Gasteiger partial charge in [-0.05, 0) is 15.9 Å². The van der Waals surface area contributed by atoms with Gasteiger partial charge < -0.3 is 5.11 Å². The quantitative estimate of drug-likeness (QED) is 0.739. The molecule has 1 aromatic heterocycles. The number of carbonyl (C=O) groups is 1. The van der Waals surface area contributed by atoms with E-state index in [1.165, 1.54) is 17.0 Å². The van der Waals surface area contributed by atoms with Gasteiger partial charge in [0, 0.05) is 11.6 Å². The summed E-state index contributed by atoms with van der Waals surface area (Å²) in [6.45, 7) is 0.612. The zero-order valence-electron chi connectivity index (χ0n) is 10.7. The fraction of sp³-hybridized carbons (Fsp3) is 0.0625. The van der Waals surface area contributed by atoms with Crippen molar-refractivity contribution in [3.63, 3.8) is 0 Å². The number of hydrogen-bond donors (Lipinski definition) is 1. The molecule has 0 fully saturated rings. The topological polar surface area (TPSA) is 54.1 Å². The number of rotatable bonds is 3. The third-order valence-electron chi connectivity index (χ3n) is 3.23.